The van der Waals surface area contributed by atoms with E-state index in [2.05, 4.69) is 11.4 Å². The Morgan fingerprint density at radius 2 is 1.80 bits per heavy atom. The predicted octanol–water partition coefficient (Wildman–Crippen LogP) is 5.38. The molecule has 0 spiro atoms. The van der Waals surface area contributed by atoms with Gasteiger partial charge >= 0.3 is 0 Å². The van der Waals surface area contributed by atoms with Crippen LogP contribution in [0.25, 0.3) is 0 Å². The van der Waals surface area contributed by atoms with E-state index in [0.717, 1.165) is 5.56 Å². The Morgan fingerprint density at radius 1 is 1.17 bits per heavy atom. The van der Waals surface area contributed by atoms with Gasteiger partial charge in [0.05, 0.1) is 28.3 Å². The molecule has 0 saturated heterocycles. The number of nitrogens with zero attached hydrogens (tertiary/aromatic N) is 1. The van der Waals surface area contributed by atoms with Gasteiger partial charge < -0.3 is 5.32 Å². The van der Waals surface area contributed by atoms with E-state index in [0.29, 0.717) is 32.5 Å². The lowest BCUT2D eigenvalue weighted by Gasteiger charge is -2.29. The molecule has 0 amide bonds. The first kappa shape index (κ1) is 21.8. The van der Waals surface area contributed by atoms with Crippen LogP contribution in [0.4, 0.5) is 4.39 Å². The minimum atomic E-state index is -0.547. The lowest BCUT2D eigenvalue weighted by Crippen LogP contribution is -2.27. The first-order valence-electron chi connectivity index (χ1n) is 9.11. The van der Waals surface area contributed by atoms with Crippen molar-refractivity contribution < 1.29 is 14.0 Å². The van der Waals surface area contributed by atoms with Crippen LogP contribution in [0.1, 0.15) is 35.7 Å². The summed E-state index contributed by atoms with van der Waals surface area (Å²) in [5.74, 6) is -1.22. The van der Waals surface area contributed by atoms with Crippen LogP contribution in [0.2, 0.25) is 5.02 Å². The van der Waals surface area contributed by atoms with Gasteiger partial charge in [0, 0.05) is 21.9 Å². The number of nitrogens with one attached hydrogen (secondary N) is 1. The lowest BCUT2D eigenvalue weighted by molar-refractivity contribution is -0.113. The number of dihydropyridines is 1. The fourth-order valence-corrected chi connectivity index (χ4v) is 4.45. The molecule has 4 nitrogen and oxygen atoms in total. The zero-order valence-corrected chi connectivity index (χ0v) is 17.9. The van der Waals surface area contributed by atoms with Crippen LogP contribution in [0.3, 0.4) is 0 Å². The highest BCUT2D eigenvalue weighted by atomic mass is 35.5. The summed E-state index contributed by atoms with van der Waals surface area (Å²) in [4.78, 5) is 24.8. The number of hydrogen-bond acceptors (Lipinski definition) is 5. The molecular weight excluding hydrogens is 423 g/mol. The molecule has 1 aliphatic heterocycles. The van der Waals surface area contributed by atoms with Crippen molar-refractivity contribution >= 4 is 34.9 Å². The zero-order chi connectivity index (χ0) is 21.8. The van der Waals surface area contributed by atoms with Crippen molar-refractivity contribution in [2.24, 2.45) is 0 Å². The fourth-order valence-electron chi connectivity index (χ4n) is 3.34. The van der Waals surface area contributed by atoms with Gasteiger partial charge in [-0.25, -0.2) is 4.39 Å². The van der Waals surface area contributed by atoms with Crippen molar-refractivity contribution in [1.29, 1.82) is 5.26 Å². The van der Waals surface area contributed by atoms with Gasteiger partial charge in [0.15, 0.2) is 11.6 Å². The summed E-state index contributed by atoms with van der Waals surface area (Å²) in [7, 11) is 0. The third-order valence-corrected chi connectivity index (χ3v) is 6.01. The third-order valence-electron chi connectivity index (χ3n) is 4.74. The van der Waals surface area contributed by atoms with Crippen molar-refractivity contribution in [3.63, 3.8) is 0 Å². The van der Waals surface area contributed by atoms with Crippen molar-refractivity contribution in [2.75, 3.05) is 5.75 Å². The smallest absolute Gasteiger partial charge is 0.173 e. The Bertz CT molecular complexity index is 1100. The number of nitriles is 1. The maximum atomic E-state index is 13.1. The molecule has 1 atom stereocenters. The van der Waals surface area contributed by atoms with Crippen LogP contribution in [-0.4, -0.2) is 17.3 Å². The summed E-state index contributed by atoms with van der Waals surface area (Å²) in [5.41, 5.74) is 2.67. The van der Waals surface area contributed by atoms with Gasteiger partial charge in [0.1, 0.15) is 5.82 Å². The van der Waals surface area contributed by atoms with Gasteiger partial charge in [-0.2, -0.15) is 5.26 Å². The number of ketones is 2. The van der Waals surface area contributed by atoms with E-state index in [9.17, 15) is 19.2 Å². The van der Waals surface area contributed by atoms with E-state index in [1.54, 1.807) is 31.2 Å². The molecule has 0 aliphatic carbocycles. The molecule has 3 rings (SSSR count). The number of hydrogen-bond donors (Lipinski definition) is 1. The monoisotopic (exact) mass is 440 g/mol. The van der Waals surface area contributed by atoms with Gasteiger partial charge in [-0.15, -0.1) is 0 Å². The molecule has 152 valence electrons. The number of rotatable bonds is 6. The SMILES string of the molecule is CC(=O)C1=C(C)NC(SCC(=O)c2ccc(F)cc2)=C(C#N)C1c1ccc(Cl)cc1. The summed E-state index contributed by atoms with van der Waals surface area (Å²) in [6.07, 6.45) is 0. The van der Waals surface area contributed by atoms with E-state index >= 15 is 0 Å². The van der Waals surface area contributed by atoms with Crippen LogP contribution in [0, 0.1) is 17.1 Å². The Morgan fingerprint density at radius 3 is 2.37 bits per heavy atom. The third kappa shape index (κ3) is 4.64. The number of allylic oxidation sites excluding steroid dienone is 3. The standard InChI is InChI=1S/C23H18ClFN2O2S/c1-13-21(14(2)28)22(16-3-7-17(24)8-4-16)19(11-26)23(27-13)30-12-20(29)15-5-9-18(25)10-6-15/h3-10,22,27H,12H2,1-2H3. The number of carbonyl (C=O) groups excluding carboxylic acids is 2. The molecule has 30 heavy (non-hydrogen) atoms. The first-order valence-corrected chi connectivity index (χ1v) is 10.5. The fraction of sp³-hybridized carbons (Fsp3) is 0.174. The zero-order valence-electron chi connectivity index (χ0n) is 16.3. The average Bonchev–Trinajstić information content (AvgIpc) is 2.72. The van der Waals surface area contributed by atoms with Crippen molar-refractivity contribution in [1.82, 2.24) is 5.32 Å². The first-order chi connectivity index (χ1) is 14.3. The van der Waals surface area contributed by atoms with E-state index in [-0.39, 0.29) is 17.3 Å². The van der Waals surface area contributed by atoms with Gasteiger partial charge in [-0.3, -0.25) is 9.59 Å². The van der Waals surface area contributed by atoms with Crippen LogP contribution >= 0.6 is 23.4 Å². The maximum Gasteiger partial charge on any atom is 0.173 e. The van der Waals surface area contributed by atoms with E-state index in [4.69, 9.17) is 11.6 Å². The molecule has 0 bridgehead atoms. The Labute approximate surface area is 183 Å². The summed E-state index contributed by atoms with van der Waals surface area (Å²) in [6.45, 7) is 3.24. The minimum Gasteiger partial charge on any atom is -0.353 e. The van der Waals surface area contributed by atoms with E-state index in [1.807, 2.05) is 0 Å². The lowest BCUT2D eigenvalue weighted by atomic mass is 9.81. The Balaban J connectivity index is 1.94. The molecule has 1 heterocycles. The number of Topliss-reactive ketones (excluding diaryl/α,β-unsaturated/α-hetero) is 2. The molecule has 7 heteroatoms. The van der Waals surface area contributed by atoms with Crippen molar-refractivity contribution in [3.05, 3.63) is 92.4 Å². The van der Waals surface area contributed by atoms with Gasteiger partial charge in [-0.05, 0) is 55.8 Å². The molecule has 1 aliphatic rings. The number of benzene rings is 2. The summed E-state index contributed by atoms with van der Waals surface area (Å²) < 4.78 is 13.1. The van der Waals surface area contributed by atoms with Gasteiger partial charge in [0.2, 0.25) is 0 Å². The minimum absolute atomic E-state index is 0.0647. The van der Waals surface area contributed by atoms with E-state index in [1.165, 1.54) is 43.0 Å². The normalized spacial score (nSPS) is 16.2. The van der Waals surface area contributed by atoms with Crippen LogP contribution in [-0.2, 0) is 4.79 Å². The summed E-state index contributed by atoms with van der Waals surface area (Å²) in [5, 5.41) is 14.1. The van der Waals surface area contributed by atoms with Crippen LogP contribution in [0.5, 0.6) is 0 Å². The van der Waals surface area contributed by atoms with Crippen molar-refractivity contribution in [3.8, 4) is 6.07 Å². The van der Waals surface area contributed by atoms with Crippen LogP contribution < -0.4 is 5.32 Å². The van der Waals surface area contributed by atoms with E-state index < -0.39 is 11.7 Å². The van der Waals surface area contributed by atoms with Crippen molar-refractivity contribution in [2.45, 2.75) is 19.8 Å². The highest BCUT2D eigenvalue weighted by molar-refractivity contribution is 8.03. The largest absolute Gasteiger partial charge is 0.353 e. The molecule has 2 aromatic carbocycles. The Kier molecular flexibility index (Phi) is 6.76. The molecule has 0 fully saturated rings. The maximum absolute atomic E-state index is 13.1. The predicted molar refractivity (Wildman–Crippen MR) is 117 cm³/mol. The van der Waals surface area contributed by atoms with Crippen LogP contribution in [0.15, 0.2) is 70.4 Å². The summed E-state index contributed by atoms with van der Waals surface area (Å²) >= 11 is 7.18. The molecule has 1 unspecified atom stereocenters. The molecule has 0 radical (unpaired) electrons. The second-order valence-electron chi connectivity index (χ2n) is 6.78. The number of carbonyl (C=O) groups is 2. The highest BCUT2D eigenvalue weighted by Gasteiger charge is 2.33. The quantitative estimate of drug-likeness (QED) is 0.610. The van der Waals surface area contributed by atoms with Gasteiger partial charge in [0.25, 0.3) is 0 Å². The second kappa shape index (κ2) is 9.29. The van der Waals surface area contributed by atoms with Gasteiger partial charge in [-0.1, -0.05) is 35.5 Å². The Hall–Kier alpha value is -2.88. The molecule has 1 N–H and O–H groups in total. The number of halogens is 2. The highest BCUT2D eigenvalue weighted by Crippen LogP contribution is 2.41. The average molecular weight is 441 g/mol. The molecule has 2 aromatic rings. The summed E-state index contributed by atoms with van der Waals surface area (Å²) in [6, 6.07) is 14.6. The second-order valence-corrected chi connectivity index (χ2v) is 8.20. The molecule has 0 aromatic heterocycles. The topological polar surface area (TPSA) is 70.0 Å². The molecular formula is C23H18ClFN2O2S. The molecule has 0 saturated carbocycles. The number of thioether (sulfide) groups is 1.